The number of nitro benzene ring substituents is 2. The maximum Gasteiger partial charge on any atom is 0.349 e. The Morgan fingerprint density at radius 1 is 0.632 bits per heavy atom. The molecule has 18 heteroatoms. The summed E-state index contributed by atoms with van der Waals surface area (Å²) in [4.78, 5) is 64.2. The highest BCUT2D eigenvalue weighted by Gasteiger charge is 2.21. The minimum atomic E-state index is -0.797. The number of hydrogen-bond donors (Lipinski definition) is 2. The zero-order chi connectivity index (χ0) is 39.8. The normalized spacial score (nSPS) is 11.6. The number of hydrogen-bond acceptors (Lipinski definition) is 16. The van der Waals surface area contributed by atoms with Crippen molar-refractivity contribution in [2.75, 3.05) is 0 Å². The Bertz CT molecular complexity index is 2870. The number of benzene rings is 4. The Labute approximate surface area is 326 Å². The van der Waals surface area contributed by atoms with Crippen LogP contribution in [0.3, 0.4) is 0 Å². The van der Waals surface area contributed by atoms with Crippen LogP contribution in [0.1, 0.15) is 22.3 Å². The Morgan fingerprint density at radius 3 is 1.42 bits per heavy atom. The summed E-state index contributed by atoms with van der Waals surface area (Å²) in [5.41, 5.74) is 1.25. The molecule has 0 amide bonds. The van der Waals surface area contributed by atoms with Crippen LogP contribution in [0.5, 0.6) is 11.5 Å². The van der Waals surface area contributed by atoms with Gasteiger partial charge >= 0.3 is 11.3 Å². The second-order valence-electron chi connectivity index (χ2n) is 12.3. The highest BCUT2D eigenvalue weighted by atomic mass is 32.1. The van der Waals surface area contributed by atoms with E-state index in [0.29, 0.717) is 17.5 Å². The topological polar surface area (TPSA) is 238 Å². The van der Waals surface area contributed by atoms with Gasteiger partial charge in [0, 0.05) is 47.5 Å². The quantitative estimate of drug-likeness (QED) is 0.0573. The van der Waals surface area contributed by atoms with Gasteiger partial charge in [0.1, 0.15) is 33.8 Å². The van der Waals surface area contributed by atoms with Crippen LogP contribution in [0, 0.1) is 20.2 Å². The lowest BCUT2D eigenvalue weighted by atomic mass is 10.00. The van der Waals surface area contributed by atoms with Gasteiger partial charge in [-0.1, -0.05) is 12.1 Å². The van der Waals surface area contributed by atoms with Crippen LogP contribution in [0.15, 0.2) is 124 Å². The monoisotopic (exact) mass is 798 g/mol. The highest BCUT2D eigenvalue weighted by molar-refractivity contribution is 7.14. The van der Waals surface area contributed by atoms with Crippen molar-refractivity contribution in [1.29, 1.82) is 0 Å². The number of rotatable bonds is 10. The van der Waals surface area contributed by atoms with Gasteiger partial charge in [-0.3, -0.25) is 20.2 Å². The lowest BCUT2D eigenvalue weighted by Crippen LogP contribution is -2.04. The highest BCUT2D eigenvalue weighted by Crippen LogP contribution is 2.38. The molecule has 8 rings (SSSR count). The van der Waals surface area contributed by atoms with Gasteiger partial charge in [-0.05, 0) is 77.2 Å². The van der Waals surface area contributed by atoms with Crippen molar-refractivity contribution in [3.05, 3.63) is 159 Å². The van der Waals surface area contributed by atoms with Gasteiger partial charge in [-0.15, -0.1) is 22.7 Å². The first-order valence-electron chi connectivity index (χ1n) is 16.6. The zero-order valence-electron chi connectivity index (χ0n) is 28.8. The molecule has 0 bridgehead atoms. The standard InChI is InChI=1S/C39H22N6O10S2/c46-34-26-14-22(5-11-30(26)54-36(48)32(34)28-18-56-38(42-28)40-16-20-1-7-24(8-2-20)44(50)51)13-23-6-12-31-27(15-23)35(47)33(37(49)55-31)29-19-57-39(43-29)41-17-21-3-9-25(10-4-21)45(52)53/h1-12,14-19,46-47H,13H2/b40-16-,41-17+. The van der Waals surface area contributed by atoms with E-state index in [1.807, 2.05) is 0 Å². The molecular formula is C39H22N6O10S2. The summed E-state index contributed by atoms with van der Waals surface area (Å²) in [5.74, 6) is -0.664. The first kappa shape index (κ1) is 36.3. The van der Waals surface area contributed by atoms with Crippen molar-refractivity contribution < 1.29 is 28.9 Å². The Morgan fingerprint density at radius 2 is 1.04 bits per heavy atom. The number of thiazole rings is 2. The largest absolute Gasteiger partial charge is 0.506 e. The number of nitro groups is 2. The first-order valence-corrected chi connectivity index (χ1v) is 18.3. The van der Waals surface area contributed by atoms with Crippen molar-refractivity contribution >= 4 is 78.7 Å². The van der Waals surface area contributed by atoms with E-state index in [-0.39, 0.29) is 77.6 Å². The van der Waals surface area contributed by atoms with E-state index in [1.165, 1.54) is 61.0 Å². The van der Waals surface area contributed by atoms with Gasteiger partial charge in [0.15, 0.2) is 0 Å². The predicted octanol–water partition coefficient (Wildman–Crippen LogP) is 8.47. The second kappa shape index (κ2) is 14.9. The number of nitrogens with zero attached hydrogens (tertiary/aromatic N) is 6. The number of aromatic nitrogens is 2. The molecule has 4 aromatic carbocycles. The summed E-state index contributed by atoms with van der Waals surface area (Å²) in [6, 6.07) is 21.5. The van der Waals surface area contributed by atoms with E-state index in [0.717, 1.165) is 33.8 Å². The van der Waals surface area contributed by atoms with Crippen LogP contribution in [-0.4, -0.2) is 42.5 Å². The number of fused-ring (bicyclic) bond motifs is 2. The van der Waals surface area contributed by atoms with Gasteiger partial charge in [0.2, 0.25) is 10.3 Å². The molecule has 4 heterocycles. The summed E-state index contributed by atoms with van der Waals surface area (Å²) >= 11 is 2.24. The second-order valence-corrected chi connectivity index (χ2v) is 14.0. The SMILES string of the molecule is O=c1oc2ccc(Cc3ccc4oc(=O)c(-c5csc(/N=C/c6ccc([N+](=O)[O-])cc6)n5)c(O)c4c3)cc2c(O)c1-c1csc(/N=C\c2ccc([N+](=O)[O-])cc2)n1. The average Bonchev–Trinajstić information content (AvgIpc) is 3.87. The van der Waals surface area contributed by atoms with Crippen molar-refractivity contribution in [3.63, 3.8) is 0 Å². The minimum Gasteiger partial charge on any atom is -0.506 e. The predicted molar refractivity (Wildman–Crippen MR) is 214 cm³/mol. The molecule has 0 saturated heterocycles. The molecule has 0 saturated carbocycles. The zero-order valence-corrected chi connectivity index (χ0v) is 30.4. The van der Waals surface area contributed by atoms with Crippen LogP contribution in [-0.2, 0) is 6.42 Å². The van der Waals surface area contributed by atoms with E-state index < -0.39 is 21.1 Å². The lowest BCUT2D eigenvalue weighted by molar-refractivity contribution is -0.385. The van der Waals surface area contributed by atoms with E-state index in [2.05, 4.69) is 20.0 Å². The maximum absolute atomic E-state index is 13.0. The summed E-state index contributed by atoms with van der Waals surface area (Å²) in [6.45, 7) is 0. The van der Waals surface area contributed by atoms with E-state index in [9.17, 15) is 40.0 Å². The molecule has 0 unspecified atom stereocenters. The van der Waals surface area contributed by atoms with Gasteiger partial charge in [-0.25, -0.2) is 29.5 Å². The molecule has 0 aliphatic rings. The summed E-state index contributed by atoms with van der Waals surface area (Å²) in [5, 5.41) is 48.7. The van der Waals surface area contributed by atoms with E-state index >= 15 is 0 Å². The minimum absolute atomic E-state index is 0.0544. The average molecular weight is 799 g/mol. The third-order valence-electron chi connectivity index (χ3n) is 8.65. The Balaban J connectivity index is 1.04. The fourth-order valence-electron chi connectivity index (χ4n) is 5.87. The molecule has 0 fully saturated rings. The van der Waals surface area contributed by atoms with Crippen LogP contribution < -0.4 is 11.3 Å². The van der Waals surface area contributed by atoms with Gasteiger partial charge < -0.3 is 19.0 Å². The molecule has 0 atom stereocenters. The molecule has 280 valence electrons. The first-order chi connectivity index (χ1) is 27.5. The van der Waals surface area contributed by atoms with Crippen molar-refractivity contribution in [2.45, 2.75) is 6.42 Å². The fraction of sp³-hybridized carbons (Fsp3) is 0.0256. The molecule has 4 aromatic heterocycles. The third kappa shape index (κ3) is 7.40. The van der Waals surface area contributed by atoms with Crippen molar-refractivity contribution in [3.8, 4) is 34.0 Å². The Hall–Kier alpha value is -7.70. The number of non-ortho nitro benzene ring substituents is 2. The number of aliphatic imine (C=N–C) groups is 2. The van der Waals surface area contributed by atoms with Crippen molar-refractivity contribution in [1.82, 2.24) is 9.97 Å². The number of aromatic hydroxyl groups is 2. The van der Waals surface area contributed by atoms with Crippen LogP contribution >= 0.6 is 22.7 Å². The summed E-state index contributed by atoms with van der Waals surface area (Å²) in [6.07, 6.45) is 3.26. The fourth-order valence-corrected chi connectivity index (χ4v) is 7.18. The molecule has 8 aromatic rings. The van der Waals surface area contributed by atoms with Crippen LogP contribution in [0.2, 0.25) is 0 Å². The third-order valence-corrected chi connectivity index (χ3v) is 10.1. The Kier molecular flexibility index (Phi) is 9.45. The molecule has 0 radical (unpaired) electrons. The molecular weight excluding hydrogens is 777 g/mol. The molecule has 57 heavy (non-hydrogen) atoms. The van der Waals surface area contributed by atoms with Gasteiger partial charge in [-0.2, -0.15) is 0 Å². The van der Waals surface area contributed by atoms with E-state index in [4.69, 9.17) is 8.83 Å². The van der Waals surface area contributed by atoms with Crippen LogP contribution in [0.4, 0.5) is 21.6 Å². The van der Waals surface area contributed by atoms with E-state index in [1.54, 1.807) is 47.2 Å². The van der Waals surface area contributed by atoms with Gasteiger partial charge in [0.25, 0.3) is 11.4 Å². The lowest BCUT2D eigenvalue weighted by Gasteiger charge is -2.09. The van der Waals surface area contributed by atoms with Crippen LogP contribution in [0.25, 0.3) is 44.5 Å². The molecule has 0 aliphatic heterocycles. The molecule has 16 nitrogen and oxygen atoms in total. The molecule has 0 aliphatic carbocycles. The summed E-state index contributed by atoms with van der Waals surface area (Å²) < 4.78 is 11.1. The molecule has 0 spiro atoms. The maximum atomic E-state index is 13.0. The smallest absolute Gasteiger partial charge is 0.349 e. The van der Waals surface area contributed by atoms with Gasteiger partial charge in [0.05, 0.1) is 32.0 Å². The summed E-state index contributed by atoms with van der Waals surface area (Å²) in [7, 11) is 0. The molecule has 2 N–H and O–H groups in total. The van der Waals surface area contributed by atoms with Crippen molar-refractivity contribution in [2.24, 2.45) is 9.98 Å².